The van der Waals surface area contributed by atoms with Gasteiger partial charge < -0.3 is 5.32 Å². The molecule has 1 aliphatic rings. The first-order valence-corrected chi connectivity index (χ1v) is 12.2. The van der Waals surface area contributed by atoms with Crippen molar-refractivity contribution in [3.8, 4) is 0 Å². The maximum Gasteiger partial charge on any atom is 0.243 e. The number of sulfonamides is 1. The molecule has 1 fully saturated rings. The van der Waals surface area contributed by atoms with Gasteiger partial charge in [0.05, 0.1) is 15.6 Å². The van der Waals surface area contributed by atoms with E-state index < -0.39 is 10.0 Å². The summed E-state index contributed by atoms with van der Waals surface area (Å²) in [5.41, 5.74) is 1.66. The number of hydrogen-bond donors (Lipinski definition) is 1. The molecule has 0 unspecified atom stereocenters. The van der Waals surface area contributed by atoms with E-state index in [1.807, 2.05) is 12.1 Å². The first-order valence-electron chi connectivity index (χ1n) is 9.54. The minimum absolute atomic E-state index is 0.132. The van der Waals surface area contributed by atoms with E-state index in [2.05, 4.69) is 35.1 Å². The van der Waals surface area contributed by atoms with Crippen LogP contribution in [0.1, 0.15) is 38.2 Å². The van der Waals surface area contributed by atoms with Crippen LogP contribution in [0.25, 0.3) is 0 Å². The Morgan fingerprint density at radius 3 is 2.31 bits per heavy atom. The number of amides is 1. The highest BCUT2D eigenvalue weighted by molar-refractivity contribution is 9.10. The molecular weight excluding hydrogens is 476 g/mol. The molecule has 5 nitrogen and oxygen atoms in total. The van der Waals surface area contributed by atoms with Crippen LogP contribution in [-0.4, -0.2) is 31.7 Å². The van der Waals surface area contributed by atoms with Crippen molar-refractivity contribution in [3.63, 3.8) is 0 Å². The molecule has 1 N–H and O–H groups in total. The molecule has 2 aromatic carbocycles. The van der Waals surface area contributed by atoms with Crippen molar-refractivity contribution >= 4 is 49.1 Å². The molecule has 0 spiro atoms. The van der Waals surface area contributed by atoms with Gasteiger partial charge in [-0.25, -0.2) is 8.42 Å². The summed E-state index contributed by atoms with van der Waals surface area (Å²) in [5.74, 6) is -0.0303. The number of carbonyl (C=O) groups excluding carboxylic acids is 1. The molecule has 0 aromatic heterocycles. The average molecular weight is 500 g/mol. The summed E-state index contributed by atoms with van der Waals surface area (Å²) >= 11 is 9.50. The van der Waals surface area contributed by atoms with Gasteiger partial charge in [0.15, 0.2) is 0 Å². The van der Waals surface area contributed by atoms with Crippen LogP contribution in [0.2, 0.25) is 5.02 Å². The van der Waals surface area contributed by atoms with Gasteiger partial charge in [-0.15, -0.1) is 0 Å². The van der Waals surface area contributed by atoms with Crippen LogP contribution in [0.5, 0.6) is 0 Å². The van der Waals surface area contributed by atoms with Gasteiger partial charge in [-0.1, -0.05) is 53.5 Å². The summed E-state index contributed by atoms with van der Waals surface area (Å²) in [6.07, 6.45) is 0.951. The Hall–Kier alpha value is -1.41. The standard InChI is InChI=1S/C21H24BrClN2O3S/c1-14(2)15-3-6-18(7-4-15)29(27,28)25-11-9-16(10-12-25)21(26)24-20-8-5-17(22)13-19(20)23/h3-8,13-14,16H,9-12H2,1-2H3,(H,24,26). The predicted molar refractivity (Wildman–Crippen MR) is 120 cm³/mol. The fourth-order valence-corrected chi connectivity index (χ4v) is 5.55. The average Bonchev–Trinajstić information content (AvgIpc) is 2.70. The van der Waals surface area contributed by atoms with Gasteiger partial charge in [0, 0.05) is 23.5 Å². The highest BCUT2D eigenvalue weighted by Gasteiger charge is 2.32. The minimum Gasteiger partial charge on any atom is -0.325 e. The van der Waals surface area contributed by atoms with Crippen LogP contribution in [0.15, 0.2) is 51.8 Å². The number of anilines is 1. The zero-order valence-electron chi connectivity index (χ0n) is 16.4. The van der Waals surface area contributed by atoms with E-state index in [1.165, 1.54) is 4.31 Å². The zero-order valence-corrected chi connectivity index (χ0v) is 19.5. The summed E-state index contributed by atoms with van der Waals surface area (Å²) in [4.78, 5) is 12.9. The summed E-state index contributed by atoms with van der Waals surface area (Å²) < 4.78 is 28.1. The summed E-state index contributed by atoms with van der Waals surface area (Å²) in [7, 11) is -3.55. The van der Waals surface area contributed by atoms with Crippen LogP contribution in [0.3, 0.4) is 0 Å². The number of carbonyl (C=O) groups is 1. The molecule has 0 aliphatic carbocycles. The number of benzene rings is 2. The Kier molecular flexibility index (Phi) is 7.04. The molecule has 3 rings (SSSR count). The van der Waals surface area contributed by atoms with Gasteiger partial charge in [-0.05, 0) is 54.7 Å². The normalized spacial score (nSPS) is 16.2. The van der Waals surface area contributed by atoms with E-state index >= 15 is 0 Å². The van der Waals surface area contributed by atoms with E-state index in [0.717, 1.165) is 10.0 Å². The zero-order chi connectivity index (χ0) is 21.2. The van der Waals surface area contributed by atoms with Crippen molar-refractivity contribution in [1.29, 1.82) is 0 Å². The Morgan fingerprint density at radius 2 is 1.76 bits per heavy atom. The largest absolute Gasteiger partial charge is 0.325 e. The maximum atomic E-state index is 12.9. The summed E-state index contributed by atoms with van der Waals surface area (Å²) in [6.45, 7) is 4.78. The fraction of sp³-hybridized carbons (Fsp3) is 0.381. The van der Waals surface area contributed by atoms with E-state index in [9.17, 15) is 13.2 Å². The first kappa shape index (κ1) is 22.3. The van der Waals surface area contributed by atoms with E-state index in [1.54, 1.807) is 30.3 Å². The lowest BCUT2D eigenvalue weighted by Crippen LogP contribution is -2.41. The van der Waals surface area contributed by atoms with Gasteiger partial charge in [0.1, 0.15) is 0 Å². The third kappa shape index (κ3) is 5.20. The smallest absolute Gasteiger partial charge is 0.243 e. The van der Waals surface area contributed by atoms with Crippen LogP contribution < -0.4 is 5.32 Å². The molecule has 8 heteroatoms. The van der Waals surface area contributed by atoms with Gasteiger partial charge in [0.25, 0.3) is 0 Å². The number of nitrogens with one attached hydrogen (secondary N) is 1. The van der Waals surface area contributed by atoms with Crippen molar-refractivity contribution < 1.29 is 13.2 Å². The number of hydrogen-bond acceptors (Lipinski definition) is 3. The lowest BCUT2D eigenvalue weighted by molar-refractivity contribution is -0.120. The molecule has 156 valence electrons. The molecule has 2 aromatic rings. The van der Waals surface area contributed by atoms with Crippen molar-refractivity contribution in [2.75, 3.05) is 18.4 Å². The molecule has 1 heterocycles. The third-order valence-corrected chi connectivity index (χ3v) is 7.92. The predicted octanol–water partition coefficient (Wildman–Crippen LogP) is 5.27. The number of rotatable bonds is 5. The highest BCUT2D eigenvalue weighted by Crippen LogP contribution is 2.29. The first-order chi connectivity index (χ1) is 13.7. The molecule has 0 atom stereocenters. The van der Waals surface area contributed by atoms with Crippen molar-refractivity contribution in [2.24, 2.45) is 5.92 Å². The SMILES string of the molecule is CC(C)c1ccc(S(=O)(=O)N2CCC(C(=O)Nc3ccc(Br)cc3Cl)CC2)cc1. The molecule has 1 amide bonds. The van der Waals surface area contributed by atoms with Crippen LogP contribution in [-0.2, 0) is 14.8 Å². The lowest BCUT2D eigenvalue weighted by atomic mass is 9.97. The summed E-state index contributed by atoms with van der Waals surface area (Å²) in [6, 6.07) is 12.3. The molecular formula is C21H24BrClN2O3S. The van der Waals surface area contributed by atoms with Crippen LogP contribution >= 0.6 is 27.5 Å². The van der Waals surface area contributed by atoms with Gasteiger partial charge in [-0.2, -0.15) is 4.31 Å². The third-order valence-electron chi connectivity index (χ3n) is 5.20. The van der Waals surface area contributed by atoms with E-state index in [0.29, 0.717) is 47.5 Å². The quantitative estimate of drug-likeness (QED) is 0.610. The van der Waals surface area contributed by atoms with E-state index in [4.69, 9.17) is 11.6 Å². The number of halogens is 2. The maximum absolute atomic E-state index is 12.9. The van der Waals surface area contributed by atoms with Crippen LogP contribution in [0.4, 0.5) is 5.69 Å². The van der Waals surface area contributed by atoms with Gasteiger partial charge in [0.2, 0.25) is 15.9 Å². The molecule has 29 heavy (non-hydrogen) atoms. The second-order valence-corrected chi connectivity index (χ2v) is 10.8. The molecule has 0 bridgehead atoms. The van der Waals surface area contributed by atoms with Crippen molar-refractivity contribution in [3.05, 3.63) is 57.5 Å². The van der Waals surface area contributed by atoms with Crippen molar-refractivity contribution in [1.82, 2.24) is 4.31 Å². The van der Waals surface area contributed by atoms with E-state index in [-0.39, 0.29) is 11.8 Å². The monoisotopic (exact) mass is 498 g/mol. The summed E-state index contributed by atoms with van der Waals surface area (Å²) in [5, 5.41) is 3.31. The Balaban J connectivity index is 1.62. The van der Waals surface area contributed by atoms with Crippen molar-refractivity contribution in [2.45, 2.75) is 37.5 Å². The highest BCUT2D eigenvalue weighted by atomic mass is 79.9. The van der Waals surface area contributed by atoms with Crippen LogP contribution in [0, 0.1) is 5.92 Å². The second kappa shape index (κ2) is 9.16. The molecule has 1 saturated heterocycles. The Labute approximate surface area is 185 Å². The molecule has 1 aliphatic heterocycles. The van der Waals surface area contributed by atoms with Gasteiger partial charge >= 0.3 is 0 Å². The van der Waals surface area contributed by atoms with Gasteiger partial charge in [-0.3, -0.25) is 4.79 Å². The Bertz CT molecular complexity index is 985. The number of piperidine rings is 1. The molecule has 0 saturated carbocycles. The lowest BCUT2D eigenvalue weighted by Gasteiger charge is -2.30. The fourth-order valence-electron chi connectivity index (χ4n) is 3.36. The number of nitrogens with zero attached hydrogens (tertiary/aromatic N) is 1. The minimum atomic E-state index is -3.55. The Morgan fingerprint density at radius 1 is 1.14 bits per heavy atom. The second-order valence-electron chi connectivity index (χ2n) is 7.52. The topological polar surface area (TPSA) is 66.5 Å². The molecule has 0 radical (unpaired) electrons.